The van der Waals surface area contributed by atoms with Gasteiger partial charge in [0.05, 0.1) is 38.1 Å². The predicted octanol–water partition coefficient (Wildman–Crippen LogP) is 2.35. The summed E-state index contributed by atoms with van der Waals surface area (Å²) < 4.78 is 18.0. The Balaban J connectivity index is 1.71. The van der Waals surface area contributed by atoms with E-state index < -0.39 is 61.2 Å². The molecule has 10 heteroatoms. The number of unbranched alkanes of at least 4 members (excludes halogenated alkanes) is 7. The molecule has 0 aromatic heterocycles. The van der Waals surface area contributed by atoms with Crippen molar-refractivity contribution in [3.05, 3.63) is 35.9 Å². The SMILES string of the molecule is CCCCCCCCCCC(=O)N[C@H]1C(CO)OCC(C)[C@H]1O[C@@H]1OC(CO)[C@H](O)[C@H](O)C1C(=O)c1ccccc1. The molecule has 4 unspecified atom stereocenters. The van der Waals surface area contributed by atoms with Gasteiger partial charge in [0.1, 0.15) is 24.2 Å². The Morgan fingerprint density at radius 2 is 1.56 bits per heavy atom. The van der Waals surface area contributed by atoms with Gasteiger partial charge in [-0.3, -0.25) is 9.59 Å². The van der Waals surface area contributed by atoms with Gasteiger partial charge in [0.2, 0.25) is 5.91 Å². The first kappa shape index (κ1) is 33.6. The van der Waals surface area contributed by atoms with Crippen LogP contribution in [0.1, 0.15) is 82.0 Å². The van der Waals surface area contributed by atoms with E-state index in [9.17, 15) is 30.0 Å². The molecule has 2 saturated heterocycles. The molecule has 5 N–H and O–H groups in total. The minimum atomic E-state index is -1.56. The van der Waals surface area contributed by atoms with E-state index in [1.807, 2.05) is 6.92 Å². The molecule has 41 heavy (non-hydrogen) atoms. The summed E-state index contributed by atoms with van der Waals surface area (Å²) in [6.07, 6.45) is 2.19. The second kappa shape index (κ2) is 17.3. The first-order valence-corrected chi connectivity index (χ1v) is 15.2. The second-order valence-corrected chi connectivity index (χ2v) is 11.4. The summed E-state index contributed by atoms with van der Waals surface area (Å²) in [4.78, 5) is 26.4. The summed E-state index contributed by atoms with van der Waals surface area (Å²) in [5.74, 6) is -2.21. The minimum Gasteiger partial charge on any atom is -0.394 e. The van der Waals surface area contributed by atoms with Gasteiger partial charge in [0.15, 0.2) is 12.1 Å². The second-order valence-electron chi connectivity index (χ2n) is 11.4. The van der Waals surface area contributed by atoms with Crippen LogP contribution in [0.3, 0.4) is 0 Å². The number of benzene rings is 1. The standard InChI is InChI=1S/C31H49NO9/c1-3-4-5-6-7-8-9-13-16-24(35)32-26-22(17-33)39-19-20(2)30(26)41-31-25(27(36)21-14-11-10-12-15-21)29(38)28(37)23(18-34)40-31/h10-12,14-15,20,22-23,25-26,28-31,33-34,37-38H,3-9,13,16-19H2,1-2H3,(H,32,35)/t20?,22?,23?,25?,26-,28-,29+,30+,31-/m0/s1. The molecule has 0 saturated carbocycles. The Morgan fingerprint density at radius 1 is 0.927 bits per heavy atom. The highest BCUT2D eigenvalue weighted by atomic mass is 16.7. The maximum absolute atomic E-state index is 13.5. The number of ether oxygens (including phenoxy) is 3. The first-order valence-electron chi connectivity index (χ1n) is 15.2. The predicted molar refractivity (Wildman–Crippen MR) is 152 cm³/mol. The van der Waals surface area contributed by atoms with E-state index >= 15 is 0 Å². The van der Waals surface area contributed by atoms with E-state index in [0.717, 1.165) is 25.7 Å². The van der Waals surface area contributed by atoms with Crippen molar-refractivity contribution in [2.24, 2.45) is 11.8 Å². The van der Waals surface area contributed by atoms with Crippen molar-refractivity contribution >= 4 is 11.7 Å². The van der Waals surface area contributed by atoms with E-state index in [1.54, 1.807) is 30.3 Å². The molecule has 0 radical (unpaired) electrons. The number of ketones is 1. The molecule has 1 aromatic rings. The van der Waals surface area contributed by atoms with Crippen molar-refractivity contribution in [2.45, 2.75) is 114 Å². The first-order chi connectivity index (χ1) is 19.8. The quantitative estimate of drug-likeness (QED) is 0.147. The molecule has 2 heterocycles. The number of hydrogen-bond acceptors (Lipinski definition) is 9. The van der Waals surface area contributed by atoms with E-state index in [-0.39, 0.29) is 25.0 Å². The van der Waals surface area contributed by atoms with Crippen LogP contribution in [0.4, 0.5) is 0 Å². The van der Waals surface area contributed by atoms with Crippen molar-refractivity contribution in [1.82, 2.24) is 5.32 Å². The molecular formula is C31H49NO9. The van der Waals surface area contributed by atoms with Crippen molar-refractivity contribution < 1.29 is 44.2 Å². The van der Waals surface area contributed by atoms with Crippen molar-refractivity contribution in [3.8, 4) is 0 Å². The van der Waals surface area contributed by atoms with Gasteiger partial charge in [0, 0.05) is 17.9 Å². The zero-order chi connectivity index (χ0) is 29.8. The molecule has 9 atom stereocenters. The maximum atomic E-state index is 13.5. The molecule has 0 spiro atoms. The van der Waals surface area contributed by atoms with Gasteiger partial charge in [-0.2, -0.15) is 0 Å². The molecule has 1 aromatic carbocycles. The third-order valence-electron chi connectivity index (χ3n) is 8.19. The van der Waals surface area contributed by atoms with Crippen molar-refractivity contribution in [1.29, 1.82) is 0 Å². The van der Waals surface area contributed by atoms with Gasteiger partial charge in [-0.1, -0.05) is 89.1 Å². The highest BCUT2D eigenvalue weighted by Crippen LogP contribution is 2.34. The molecule has 0 bridgehead atoms. The normalized spacial score (nSPS) is 32.0. The van der Waals surface area contributed by atoms with Gasteiger partial charge in [-0.05, 0) is 6.42 Å². The van der Waals surface area contributed by atoms with Gasteiger partial charge >= 0.3 is 0 Å². The molecule has 2 fully saturated rings. The van der Waals surface area contributed by atoms with Crippen LogP contribution < -0.4 is 5.32 Å². The van der Waals surface area contributed by atoms with Crippen LogP contribution in [0, 0.1) is 11.8 Å². The number of nitrogens with one attached hydrogen (secondary N) is 1. The van der Waals surface area contributed by atoms with Crippen LogP contribution in [0.2, 0.25) is 0 Å². The van der Waals surface area contributed by atoms with Crippen LogP contribution in [-0.4, -0.2) is 94.8 Å². The topological polar surface area (TPSA) is 155 Å². The Morgan fingerprint density at radius 3 is 2.20 bits per heavy atom. The smallest absolute Gasteiger partial charge is 0.220 e. The number of amides is 1. The molecule has 0 aliphatic carbocycles. The molecular weight excluding hydrogens is 530 g/mol. The lowest BCUT2D eigenvalue weighted by Gasteiger charge is -2.47. The van der Waals surface area contributed by atoms with Gasteiger partial charge in [-0.25, -0.2) is 0 Å². The Labute approximate surface area is 243 Å². The largest absolute Gasteiger partial charge is 0.394 e. The number of Topliss-reactive ketones (excluding diaryl/α,β-unsaturated/α-hetero) is 1. The Hall–Kier alpha value is -1.92. The number of carbonyl (C=O) groups is 2. The molecule has 10 nitrogen and oxygen atoms in total. The van der Waals surface area contributed by atoms with Crippen LogP contribution in [0.5, 0.6) is 0 Å². The van der Waals surface area contributed by atoms with Crippen molar-refractivity contribution in [3.63, 3.8) is 0 Å². The van der Waals surface area contributed by atoms with E-state index in [1.165, 1.54) is 25.7 Å². The van der Waals surface area contributed by atoms with Gasteiger partial charge in [0.25, 0.3) is 0 Å². The molecule has 2 aliphatic rings. The third kappa shape index (κ3) is 9.28. The summed E-state index contributed by atoms with van der Waals surface area (Å²) in [5.41, 5.74) is 0.312. The fourth-order valence-corrected chi connectivity index (χ4v) is 5.70. The van der Waals surface area contributed by atoms with E-state index in [4.69, 9.17) is 14.2 Å². The number of aliphatic hydroxyl groups excluding tert-OH is 4. The lowest BCUT2D eigenvalue weighted by atomic mass is 9.84. The average Bonchev–Trinajstić information content (AvgIpc) is 2.98. The molecule has 1 amide bonds. The fraction of sp³-hybridized carbons (Fsp3) is 0.742. The summed E-state index contributed by atoms with van der Waals surface area (Å²) in [6.45, 7) is 3.35. The lowest BCUT2D eigenvalue weighted by Crippen LogP contribution is -2.64. The lowest BCUT2D eigenvalue weighted by molar-refractivity contribution is -0.302. The molecule has 232 valence electrons. The van der Waals surface area contributed by atoms with E-state index in [2.05, 4.69) is 12.2 Å². The van der Waals surface area contributed by atoms with Crippen LogP contribution in [0.25, 0.3) is 0 Å². The molecule has 3 rings (SSSR count). The zero-order valence-electron chi connectivity index (χ0n) is 24.4. The highest BCUT2D eigenvalue weighted by Gasteiger charge is 2.51. The summed E-state index contributed by atoms with van der Waals surface area (Å²) >= 11 is 0. The Kier molecular flexibility index (Phi) is 14.1. The summed E-state index contributed by atoms with van der Waals surface area (Å²) in [6, 6.07) is 7.60. The maximum Gasteiger partial charge on any atom is 0.220 e. The van der Waals surface area contributed by atoms with Crippen LogP contribution in [0.15, 0.2) is 30.3 Å². The minimum absolute atomic E-state index is 0.184. The van der Waals surface area contributed by atoms with Gasteiger partial charge < -0.3 is 40.0 Å². The van der Waals surface area contributed by atoms with E-state index in [0.29, 0.717) is 12.0 Å². The number of rotatable bonds is 16. The fourth-order valence-electron chi connectivity index (χ4n) is 5.70. The van der Waals surface area contributed by atoms with Crippen molar-refractivity contribution in [2.75, 3.05) is 19.8 Å². The summed E-state index contributed by atoms with van der Waals surface area (Å²) in [5, 5.41) is 44.3. The molecule has 2 aliphatic heterocycles. The monoisotopic (exact) mass is 579 g/mol. The van der Waals surface area contributed by atoms with Gasteiger partial charge in [-0.15, -0.1) is 0 Å². The highest BCUT2D eigenvalue weighted by molar-refractivity contribution is 5.98. The Bertz CT molecular complexity index is 916. The third-order valence-corrected chi connectivity index (χ3v) is 8.19. The number of hydrogen-bond donors (Lipinski definition) is 5. The number of aliphatic hydroxyl groups is 4. The zero-order valence-corrected chi connectivity index (χ0v) is 24.4. The van der Waals surface area contributed by atoms with Crippen LogP contribution in [-0.2, 0) is 19.0 Å². The van der Waals surface area contributed by atoms with Crippen LogP contribution >= 0.6 is 0 Å². The number of carbonyl (C=O) groups excluding carboxylic acids is 2. The summed E-state index contributed by atoms with van der Waals surface area (Å²) in [7, 11) is 0. The average molecular weight is 580 g/mol.